The number of carbonyl (C=O) groups is 1. The van der Waals surface area contributed by atoms with Crippen molar-refractivity contribution in [3.8, 4) is 0 Å². The lowest BCUT2D eigenvalue weighted by Crippen LogP contribution is -2.16. The van der Waals surface area contributed by atoms with Gasteiger partial charge in [0.15, 0.2) is 5.78 Å². The molecule has 0 saturated heterocycles. The Bertz CT molecular complexity index is 564. The third-order valence-electron chi connectivity index (χ3n) is 2.88. The summed E-state index contributed by atoms with van der Waals surface area (Å²) in [7, 11) is 2.01. The molecule has 2 rings (SSSR count). The lowest BCUT2D eigenvalue weighted by atomic mass is 10.2. The number of pyridine rings is 1. The average Bonchev–Trinajstić information content (AvgIpc) is 2.41. The van der Waals surface area contributed by atoms with E-state index in [1.807, 2.05) is 25.2 Å². The Morgan fingerprint density at radius 2 is 1.89 bits per heavy atom. The number of carbonyl (C=O) groups excluding carboxylic acids is 1. The average molecular weight is 319 g/mol. The van der Waals surface area contributed by atoms with Crippen molar-refractivity contribution < 1.29 is 4.79 Å². The number of halogens is 1. The predicted molar refractivity (Wildman–Crippen MR) is 80.5 cm³/mol. The lowest BCUT2D eigenvalue weighted by Gasteiger charge is -2.19. The first-order chi connectivity index (χ1) is 9.06. The Hall–Kier alpha value is -1.68. The van der Waals surface area contributed by atoms with E-state index in [0.717, 1.165) is 16.7 Å². The highest BCUT2D eigenvalue weighted by Gasteiger charge is 2.05. The molecule has 0 saturated carbocycles. The lowest BCUT2D eigenvalue weighted by molar-refractivity contribution is 0.101. The maximum atomic E-state index is 11.2. The first-order valence-corrected chi connectivity index (χ1v) is 6.78. The molecule has 0 bridgehead atoms. The van der Waals surface area contributed by atoms with Crippen molar-refractivity contribution in [2.24, 2.45) is 0 Å². The third kappa shape index (κ3) is 3.64. The molecule has 1 heterocycles. The summed E-state index contributed by atoms with van der Waals surface area (Å²) < 4.78 is 1.08. The van der Waals surface area contributed by atoms with Crippen LogP contribution in [0.25, 0.3) is 0 Å². The molecule has 0 amide bonds. The van der Waals surface area contributed by atoms with E-state index in [9.17, 15) is 4.79 Å². The minimum absolute atomic E-state index is 0.0119. The van der Waals surface area contributed by atoms with Gasteiger partial charge in [-0.05, 0) is 29.8 Å². The van der Waals surface area contributed by atoms with Gasteiger partial charge in [-0.2, -0.15) is 0 Å². The van der Waals surface area contributed by atoms with Gasteiger partial charge in [0.1, 0.15) is 5.69 Å². The molecule has 0 unspecified atom stereocenters. The number of nitrogens with zero attached hydrogens (tertiary/aromatic N) is 2. The summed E-state index contributed by atoms with van der Waals surface area (Å²) >= 11 is 3.42. The Kier molecular flexibility index (Phi) is 4.32. The van der Waals surface area contributed by atoms with Crippen LogP contribution in [0.3, 0.4) is 0 Å². The fourth-order valence-corrected chi connectivity index (χ4v) is 2.04. The van der Waals surface area contributed by atoms with Crippen LogP contribution in [0.2, 0.25) is 0 Å². The largest absolute Gasteiger partial charge is 0.369 e. The SMILES string of the molecule is CC(=O)c1ccc(N(C)Cc2ccc(Br)cc2)cn1. The van der Waals surface area contributed by atoms with Crippen LogP contribution in [0.5, 0.6) is 0 Å². The smallest absolute Gasteiger partial charge is 0.178 e. The van der Waals surface area contributed by atoms with Crippen LogP contribution in [-0.4, -0.2) is 17.8 Å². The number of ketones is 1. The predicted octanol–water partition coefficient (Wildman–Crippen LogP) is 3.68. The quantitative estimate of drug-likeness (QED) is 0.806. The maximum absolute atomic E-state index is 11.2. The van der Waals surface area contributed by atoms with Crippen LogP contribution in [0.1, 0.15) is 23.0 Å². The molecule has 1 aromatic heterocycles. The maximum Gasteiger partial charge on any atom is 0.178 e. The van der Waals surface area contributed by atoms with E-state index < -0.39 is 0 Å². The number of aromatic nitrogens is 1. The zero-order valence-corrected chi connectivity index (χ0v) is 12.5. The van der Waals surface area contributed by atoms with Gasteiger partial charge in [0.25, 0.3) is 0 Å². The van der Waals surface area contributed by atoms with Crippen LogP contribution >= 0.6 is 15.9 Å². The number of Topliss-reactive ketones (excluding diaryl/α,β-unsaturated/α-hetero) is 1. The van der Waals surface area contributed by atoms with E-state index in [-0.39, 0.29) is 5.78 Å². The van der Waals surface area contributed by atoms with Crippen molar-refractivity contribution in [2.75, 3.05) is 11.9 Å². The highest BCUT2D eigenvalue weighted by atomic mass is 79.9. The van der Waals surface area contributed by atoms with Gasteiger partial charge in [0, 0.05) is 25.0 Å². The van der Waals surface area contributed by atoms with Gasteiger partial charge in [-0.1, -0.05) is 28.1 Å². The molecule has 0 N–H and O–H groups in total. The Morgan fingerprint density at radius 1 is 1.21 bits per heavy atom. The van der Waals surface area contributed by atoms with Crippen molar-refractivity contribution in [1.29, 1.82) is 0 Å². The summed E-state index contributed by atoms with van der Waals surface area (Å²) in [6, 6.07) is 11.9. The number of anilines is 1. The van der Waals surface area contributed by atoms with E-state index >= 15 is 0 Å². The molecule has 98 valence electrons. The fraction of sp³-hybridized carbons (Fsp3) is 0.200. The number of hydrogen-bond acceptors (Lipinski definition) is 3. The molecule has 0 fully saturated rings. The van der Waals surface area contributed by atoms with E-state index in [1.54, 1.807) is 12.3 Å². The van der Waals surface area contributed by atoms with E-state index in [4.69, 9.17) is 0 Å². The zero-order chi connectivity index (χ0) is 13.8. The molecule has 0 spiro atoms. The fourth-order valence-electron chi connectivity index (χ4n) is 1.78. The molecule has 0 aliphatic rings. The minimum atomic E-state index is -0.0119. The number of benzene rings is 1. The topological polar surface area (TPSA) is 33.2 Å². The number of hydrogen-bond donors (Lipinski definition) is 0. The first kappa shape index (κ1) is 13.7. The van der Waals surface area contributed by atoms with Crippen molar-refractivity contribution in [2.45, 2.75) is 13.5 Å². The summed E-state index contributed by atoms with van der Waals surface area (Å²) in [5.74, 6) is -0.0119. The standard InChI is InChI=1S/C15H15BrN2O/c1-11(19)15-8-7-14(9-17-15)18(2)10-12-3-5-13(16)6-4-12/h3-9H,10H2,1-2H3. The molecule has 0 radical (unpaired) electrons. The summed E-state index contributed by atoms with van der Waals surface area (Å²) in [4.78, 5) is 17.4. The molecule has 2 aromatic rings. The highest BCUT2D eigenvalue weighted by Crippen LogP contribution is 2.16. The summed E-state index contributed by atoms with van der Waals surface area (Å²) in [6.07, 6.45) is 1.73. The van der Waals surface area contributed by atoms with Gasteiger partial charge in [0.05, 0.1) is 11.9 Å². The van der Waals surface area contributed by atoms with E-state index in [1.165, 1.54) is 12.5 Å². The molecule has 0 atom stereocenters. The van der Waals surface area contributed by atoms with Crippen LogP contribution in [0.4, 0.5) is 5.69 Å². The zero-order valence-electron chi connectivity index (χ0n) is 10.9. The highest BCUT2D eigenvalue weighted by molar-refractivity contribution is 9.10. The summed E-state index contributed by atoms with van der Waals surface area (Å²) in [5.41, 5.74) is 2.72. The van der Waals surface area contributed by atoms with Crippen molar-refractivity contribution in [3.05, 3.63) is 58.3 Å². The first-order valence-electron chi connectivity index (χ1n) is 5.99. The van der Waals surface area contributed by atoms with Crippen molar-refractivity contribution in [1.82, 2.24) is 4.98 Å². The minimum Gasteiger partial charge on any atom is -0.369 e. The Labute approximate surface area is 121 Å². The van der Waals surface area contributed by atoms with Crippen LogP contribution in [0.15, 0.2) is 47.1 Å². The monoisotopic (exact) mass is 318 g/mol. The normalized spacial score (nSPS) is 10.3. The molecule has 0 aliphatic heterocycles. The summed E-state index contributed by atoms with van der Waals surface area (Å²) in [5, 5.41) is 0. The molecular formula is C15H15BrN2O. The van der Waals surface area contributed by atoms with E-state index in [2.05, 4.69) is 37.9 Å². The molecule has 3 nitrogen and oxygen atoms in total. The van der Waals surface area contributed by atoms with Gasteiger partial charge in [-0.15, -0.1) is 0 Å². The second-order valence-corrected chi connectivity index (χ2v) is 5.36. The second kappa shape index (κ2) is 5.97. The van der Waals surface area contributed by atoms with Gasteiger partial charge in [-0.3, -0.25) is 9.78 Å². The summed E-state index contributed by atoms with van der Waals surface area (Å²) in [6.45, 7) is 2.32. The van der Waals surface area contributed by atoms with Crippen molar-refractivity contribution in [3.63, 3.8) is 0 Å². The van der Waals surface area contributed by atoms with Crippen LogP contribution in [0, 0.1) is 0 Å². The van der Waals surface area contributed by atoms with Gasteiger partial charge >= 0.3 is 0 Å². The molecule has 1 aromatic carbocycles. The second-order valence-electron chi connectivity index (χ2n) is 4.44. The van der Waals surface area contributed by atoms with Gasteiger partial charge < -0.3 is 4.90 Å². The number of rotatable bonds is 4. The van der Waals surface area contributed by atoms with Crippen molar-refractivity contribution >= 4 is 27.4 Å². The Morgan fingerprint density at radius 3 is 2.42 bits per heavy atom. The molecule has 19 heavy (non-hydrogen) atoms. The van der Waals surface area contributed by atoms with Crippen LogP contribution < -0.4 is 4.90 Å². The van der Waals surface area contributed by atoms with Gasteiger partial charge in [-0.25, -0.2) is 0 Å². The van der Waals surface area contributed by atoms with Crippen LogP contribution in [-0.2, 0) is 6.54 Å². The van der Waals surface area contributed by atoms with Gasteiger partial charge in [0.2, 0.25) is 0 Å². The Balaban J connectivity index is 2.09. The van der Waals surface area contributed by atoms with E-state index in [0.29, 0.717) is 5.69 Å². The molecule has 4 heteroatoms. The third-order valence-corrected chi connectivity index (χ3v) is 3.41. The molecule has 0 aliphatic carbocycles. The molecular weight excluding hydrogens is 304 g/mol.